The summed E-state index contributed by atoms with van der Waals surface area (Å²) in [7, 11) is 0. The third-order valence-electron chi connectivity index (χ3n) is 6.86. The molecular weight excluding hydrogens is 448 g/mol. The van der Waals surface area contributed by atoms with E-state index in [2.05, 4.69) is 16.3 Å². The Kier molecular flexibility index (Phi) is 5.82. The average Bonchev–Trinajstić information content (AvgIpc) is 3.18. The van der Waals surface area contributed by atoms with Crippen molar-refractivity contribution < 1.29 is 14.5 Å². The molecule has 2 aromatic carbocycles. The molecule has 0 N–H and O–H groups in total. The Bertz CT molecular complexity index is 1280. The number of nitro benzene ring substituents is 1. The van der Waals surface area contributed by atoms with E-state index >= 15 is 0 Å². The van der Waals surface area contributed by atoms with Crippen LogP contribution in [0, 0.1) is 33.3 Å². The van der Waals surface area contributed by atoms with E-state index < -0.39 is 16.8 Å². The van der Waals surface area contributed by atoms with Crippen LogP contribution in [-0.4, -0.2) is 34.2 Å². The Morgan fingerprint density at radius 2 is 1.77 bits per heavy atom. The van der Waals surface area contributed by atoms with Gasteiger partial charge in [0, 0.05) is 24.7 Å². The van der Waals surface area contributed by atoms with Crippen LogP contribution in [0.5, 0.6) is 0 Å². The monoisotopic (exact) mass is 470 g/mol. The van der Waals surface area contributed by atoms with Gasteiger partial charge in [0.15, 0.2) is 5.70 Å². The Labute approximate surface area is 201 Å². The van der Waals surface area contributed by atoms with Gasteiger partial charge in [-0.15, -0.1) is 10.2 Å². The third kappa shape index (κ3) is 3.85. The fourth-order valence-electron chi connectivity index (χ4n) is 5.35. The number of carbonyl (C=O) groups is 2. The molecule has 3 heterocycles. The van der Waals surface area contributed by atoms with Crippen molar-refractivity contribution in [1.29, 1.82) is 5.26 Å². The second-order valence-corrected chi connectivity index (χ2v) is 8.78. The molecule has 0 spiro atoms. The highest BCUT2D eigenvalue weighted by Crippen LogP contribution is 2.49. The van der Waals surface area contributed by atoms with E-state index in [1.54, 1.807) is 24.3 Å². The molecule has 3 aliphatic rings. The van der Waals surface area contributed by atoms with Crippen LogP contribution >= 0.6 is 0 Å². The largest absolute Gasteiger partial charge is 0.368 e. The van der Waals surface area contributed by atoms with E-state index in [-0.39, 0.29) is 29.2 Å². The van der Waals surface area contributed by atoms with Crippen LogP contribution in [0.3, 0.4) is 0 Å². The van der Waals surface area contributed by atoms with Gasteiger partial charge in [0.2, 0.25) is 11.8 Å². The summed E-state index contributed by atoms with van der Waals surface area (Å²) in [6.45, 7) is 0.636. The molecule has 3 saturated heterocycles. The number of nitrogens with zero attached hydrogens (tertiary/aromatic N) is 6. The summed E-state index contributed by atoms with van der Waals surface area (Å²) in [5, 5.41) is 29.2. The van der Waals surface area contributed by atoms with E-state index in [1.807, 2.05) is 11.0 Å². The van der Waals surface area contributed by atoms with Crippen molar-refractivity contribution >= 4 is 28.9 Å². The normalized spacial score (nSPS) is 25.3. The number of hydrogen-bond donors (Lipinski definition) is 0. The topological polar surface area (TPSA) is 132 Å². The van der Waals surface area contributed by atoms with Gasteiger partial charge in [-0.2, -0.15) is 5.26 Å². The molecule has 3 atom stereocenters. The van der Waals surface area contributed by atoms with Crippen molar-refractivity contribution in [2.24, 2.45) is 22.1 Å². The van der Waals surface area contributed by atoms with Crippen LogP contribution in [0.25, 0.3) is 0 Å². The lowest BCUT2D eigenvalue weighted by Gasteiger charge is -2.29. The number of imide groups is 1. The lowest BCUT2D eigenvalue weighted by atomic mass is 9.89. The predicted octanol–water partition coefficient (Wildman–Crippen LogP) is 4.48. The van der Waals surface area contributed by atoms with Crippen molar-refractivity contribution in [3.8, 4) is 6.07 Å². The number of rotatable bonds is 4. The number of nitro groups is 1. The SMILES string of the molecule is N#C/C(N=Nc1ccc([N+](=O)[O-])cc1)=C1\[C@H]2C(=O)N(c3ccccc3)C(=O)[C@H]2[C@H]2CCCCCN12. The maximum atomic E-state index is 13.6. The zero-order chi connectivity index (χ0) is 24.5. The summed E-state index contributed by atoms with van der Waals surface area (Å²) in [4.78, 5) is 40.8. The molecule has 3 fully saturated rings. The van der Waals surface area contributed by atoms with Gasteiger partial charge in [0.25, 0.3) is 5.69 Å². The van der Waals surface area contributed by atoms with Crippen LogP contribution in [0.15, 0.2) is 76.2 Å². The van der Waals surface area contributed by atoms with Gasteiger partial charge in [-0.25, -0.2) is 4.90 Å². The first kappa shape index (κ1) is 22.4. The number of amides is 2. The van der Waals surface area contributed by atoms with Gasteiger partial charge < -0.3 is 4.90 Å². The number of benzene rings is 2. The first-order valence-electron chi connectivity index (χ1n) is 11.5. The minimum absolute atomic E-state index is 0.0150. The molecule has 10 nitrogen and oxygen atoms in total. The first-order valence-corrected chi connectivity index (χ1v) is 11.5. The number of para-hydroxylation sites is 1. The maximum absolute atomic E-state index is 13.6. The van der Waals surface area contributed by atoms with E-state index in [0.29, 0.717) is 23.6 Å². The quantitative estimate of drug-likeness (QED) is 0.213. The van der Waals surface area contributed by atoms with Crippen LogP contribution in [-0.2, 0) is 9.59 Å². The lowest BCUT2D eigenvalue weighted by molar-refractivity contribution is -0.384. The second kappa shape index (κ2) is 9.10. The average molecular weight is 470 g/mol. The summed E-state index contributed by atoms with van der Waals surface area (Å²) in [6.07, 6.45) is 3.60. The summed E-state index contributed by atoms with van der Waals surface area (Å²) >= 11 is 0. The van der Waals surface area contributed by atoms with Crippen molar-refractivity contribution in [1.82, 2.24) is 4.90 Å². The molecular formula is C25H22N6O4. The number of non-ortho nitro benzene ring substituents is 1. The summed E-state index contributed by atoms with van der Waals surface area (Å²) in [6, 6.07) is 16.2. The van der Waals surface area contributed by atoms with E-state index in [9.17, 15) is 25.0 Å². The van der Waals surface area contributed by atoms with Gasteiger partial charge in [-0.1, -0.05) is 31.0 Å². The molecule has 0 aliphatic carbocycles. The molecule has 0 bridgehead atoms. The number of nitriles is 1. The highest BCUT2D eigenvalue weighted by molar-refractivity contribution is 6.23. The standard InChI is InChI=1S/C25H22N6O4/c26-15-19(28-27-16-10-12-18(13-11-16)31(34)35)23-22-21(20-9-5-2-6-14-29(20)23)24(32)30(25(22)33)17-7-3-1-4-8-17/h1,3-4,7-8,10-13,20-22H,2,5-6,9,14H2/b23-19-,28-27?/t20-,21+,22+/m1/s1. The Balaban J connectivity index is 1.57. The molecule has 5 rings (SSSR count). The zero-order valence-electron chi connectivity index (χ0n) is 18.8. The van der Waals surface area contributed by atoms with Crippen LogP contribution in [0.2, 0.25) is 0 Å². The highest BCUT2D eigenvalue weighted by atomic mass is 16.6. The minimum atomic E-state index is -0.795. The smallest absolute Gasteiger partial charge is 0.269 e. The van der Waals surface area contributed by atoms with Gasteiger partial charge in [0.05, 0.1) is 33.8 Å². The number of fused-ring (bicyclic) bond motifs is 3. The van der Waals surface area contributed by atoms with Gasteiger partial charge in [-0.05, 0) is 37.1 Å². The fraction of sp³-hybridized carbons (Fsp3) is 0.320. The van der Waals surface area contributed by atoms with Crippen LogP contribution < -0.4 is 4.90 Å². The van der Waals surface area contributed by atoms with Crippen molar-refractivity contribution in [2.45, 2.75) is 31.7 Å². The second-order valence-electron chi connectivity index (χ2n) is 8.78. The number of hydrogen-bond acceptors (Lipinski definition) is 8. The highest BCUT2D eigenvalue weighted by Gasteiger charge is 2.61. The van der Waals surface area contributed by atoms with Crippen molar-refractivity contribution in [3.05, 3.63) is 76.1 Å². The third-order valence-corrected chi connectivity index (χ3v) is 6.86. The minimum Gasteiger partial charge on any atom is -0.368 e. The molecule has 176 valence electrons. The molecule has 0 radical (unpaired) electrons. The molecule has 10 heteroatoms. The summed E-state index contributed by atoms with van der Waals surface area (Å²) in [5.74, 6) is -1.97. The van der Waals surface area contributed by atoms with Crippen LogP contribution in [0.4, 0.5) is 17.1 Å². The Morgan fingerprint density at radius 1 is 1.03 bits per heavy atom. The molecule has 0 saturated carbocycles. The maximum Gasteiger partial charge on any atom is 0.269 e. The zero-order valence-corrected chi connectivity index (χ0v) is 18.8. The van der Waals surface area contributed by atoms with Crippen LogP contribution in [0.1, 0.15) is 25.7 Å². The molecule has 0 unspecified atom stereocenters. The summed E-state index contributed by atoms with van der Waals surface area (Å²) < 4.78 is 0. The number of azo groups is 1. The molecule has 3 aliphatic heterocycles. The fourth-order valence-corrected chi connectivity index (χ4v) is 5.35. The van der Waals surface area contributed by atoms with Gasteiger partial charge >= 0.3 is 0 Å². The van der Waals surface area contributed by atoms with Crippen molar-refractivity contribution in [3.63, 3.8) is 0 Å². The predicted molar refractivity (Wildman–Crippen MR) is 125 cm³/mol. The van der Waals surface area contributed by atoms with Gasteiger partial charge in [0.1, 0.15) is 6.07 Å². The van der Waals surface area contributed by atoms with E-state index in [0.717, 1.165) is 25.7 Å². The lowest BCUT2D eigenvalue weighted by Crippen LogP contribution is -2.40. The first-order chi connectivity index (χ1) is 17.0. The number of anilines is 1. The molecule has 35 heavy (non-hydrogen) atoms. The Hall–Kier alpha value is -4.39. The molecule has 2 aromatic rings. The van der Waals surface area contributed by atoms with E-state index in [4.69, 9.17) is 0 Å². The van der Waals surface area contributed by atoms with Crippen molar-refractivity contribution in [2.75, 3.05) is 11.4 Å². The number of allylic oxidation sites excluding steroid dienone is 1. The van der Waals surface area contributed by atoms with Gasteiger partial charge in [-0.3, -0.25) is 19.7 Å². The summed E-state index contributed by atoms with van der Waals surface area (Å²) in [5.41, 5.74) is 1.21. The Morgan fingerprint density at radius 3 is 2.46 bits per heavy atom. The molecule has 0 aromatic heterocycles. The van der Waals surface area contributed by atoms with E-state index in [1.165, 1.54) is 29.2 Å². The molecule has 2 amide bonds. The number of carbonyl (C=O) groups excluding carboxylic acids is 2.